The molecule has 1 spiro atoms. The van der Waals surface area contributed by atoms with Gasteiger partial charge in [0.2, 0.25) is 5.91 Å². The quantitative estimate of drug-likeness (QED) is 0.653. The number of anilines is 1. The van der Waals surface area contributed by atoms with Crippen molar-refractivity contribution in [3.63, 3.8) is 0 Å². The monoisotopic (exact) mass is 343 g/mol. The Bertz CT molecular complexity index is 785. The number of fused-ring (bicyclic) bond motifs is 1. The number of hydrogen-bond acceptors (Lipinski definition) is 5. The molecular formula is C18H17NO6. The fraction of sp³-hybridized carbons (Fsp3) is 0.389. The fourth-order valence-electron chi connectivity index (χ4n) is 3.99. The lowest BCUT2D eigenvalue weighted by Crippen LogP contribution is -2.39. The third-order valence-corrected chi connectivity index (χ3v) is 5.08. The Morgan fingerprint density at radius 1 is 1.36 bits per heavy atom. The lowest BCUT2D eigenvalue weighted by Gasteiger charge is -2.21. The van der Waals surface area contributed by atoms with Crippen LogP contribution in [0.3, 0.4) is 0 Å². The van der Waals surface area contributed by atoms with Gasteiger partial charge in [-0.15, -0.1) is 0 Å². The molecule has 0 aliphatic carbocycles. The van der Waals surface area contributed by atoms with Crippen LogP contribution in [0.4, 0.5) is 5.69 Å². The third kappa shape index (κ3) is 2.19. The van der Waals surface area contributed by atoms with Gasteiger partial charge in [-0.3, -0.25) is 9.59 Å². The van der Waals surface area contributed by atoms with E-state index < -0.39 is 35.5 Å². The summed E-state index contributed by atoms with van der Waals surface area (Å²) in [5, 5.41) is 9.47. The number of hydrogen-bond donors (Lipinski definition) is 1. The average molecular weight is 343 g/mol. The normalized spacial score (nSPS) is 32.1. The zero-order valence-electron chi connectivity index (χ0n) is 13.5. The second-order valence-corrected chi connectivity index (χ2v) is 6.43. The van der Waals surface area contributed by atoms with Crippen LogP contribution in [0.2, 0.25) is 0 Å². The molecule has 2 saturated heterocycles. The van der Waals surface area contributed by atoms with Gasteiger partial charge in [0.1, 0.15) is 11.5 Å². The molecule has 130 valence electrons. The van der Waals surface area contributed by atoms with Crippen LogP contribution >= 0.6 is 0 Å². The number of aliphatic carboxylic acids is 1. The molecule has 0 radical (unpaired) electrons. The molecule has 7 heteroatoms. The minimum absolute atomic E-state index is 0.261. The number of rotatable bonds is 4. The molecule has 2 fully saturated rings. The topological polar surface area (TPSA) is 93.1 Å². The first-order chi connectivity index (χ1) is 12.0. The van der Waals surface area contributed by atoms with Gasteiger partial charge in [-0.1, -0.05) is 12.2 Å². The van der Waals surface area contributed by atoms with E-state index in [0.29, 0.717) is 11.3 Å². The smallest absolute Gasteiger partial charge is 0.338 e. The molecular weight excluding hydrogens is 326 g/mol. The summed E-state index contributed by atoms with van der Waals surface area (Å²) >= 11 is 0. The summed E-state index contributed by atoms with van der Waals surface area (Å²) in [6.07, 6.45) is 3.00. The van der Waals surface area contributed by atoms with Gasteiger partial charge >= 0.3 is 11.9 Å². The summed E-state index contributed by atoms with van der Waals surface area (Å²) in [5.74, 6) is -3.28. The van der Waals surface area contributed by atoms with Crippen molar-refractivity contribution in [3.05, 3.63) is 42.0 Å². The first-order valence-electron chi connectivity index (χ1n) is 8.15. The van der Waals surface area contributed by atoms with E-state index in [9.17, 15) is 19.5 Å². The van der Waals surface area contributed by atoms with E-state index in [4.69, 9.17) is 9.47 Å². The second kappa shape index (κ2) is 5.42. The second-order valence-electron chi connectivity index (χ2n) is 6.43. The van der Waals surface area contributed by atoms with Gasteiger partial charge in [-0.2, -0.15) is 0 Å². The van der Waals surface area contributed by atoms with Gasteiger partial charge in [-0.25, -0.2) is 4.79 Å². The standard InChI is InChI=1S/C18H17NO6/c1-2-24-17(23)10-3-5-11(6-4-10)19-9-18-8-7-12(25-18)13(16(21)22)14(18)15(19)20/h3-8,12-14H,2,9H2,1H3,(H,21,22)/t12-,13+,14-,18-/m1/s1. The summed E-state index contributed by atoms with van der Waals surface area (Å²) in [6.45, 7) is 2.29. The highest BCUT2D eigenvalue weighted by atomic mass is 16.5. The number of carboxylic acids is 1. The van der Waals surface area contributed by atoms with Gasteiger partial charge in [0.15, 0.2) is 0 Å². The van der Waals surface area contributed by atoms with Crippen molar-refractivity contribution in [2.24, 2.45) is 11.8 Å². The van der Waals surface area contributed by atoms with Crippen LogP contribution in [0, 0.1) is 11.8 Å². The van der Waals surface area contributed by atoms with Crippen LogP contribution in [0.15, 0.2) is 36.4 Å². The number of amides is 1. The van der Waals surface area contributed by atoms with E-state index in [1.54, 1.807) is 37.3 Å². The maximum atomic E-state index is 12.9. The maximum Gasteiger partial charge on any atom is 0.338 e. The molecule has 1 N–H and O–H groups in total. The molecule has 25 heavy (non-hydrogen) atoms. The lowest BCUT2D eigenvalue weighted by atomic mass is 9.77. The molecule has 4 atom stereocenters. The molecule has 0 aromatic heterocycles. The minimum atomic E-state index is -1.02. The number of carboxylic acid groups (broad SMARTS) is 1. The zero-order valence-corrected chi connectivity index (χ0v) is 13.5. The largest absolute Gasteiger partial charge is 0.481 e. The van der Waals surface area contributed by atoms with E-state index in [0.717, 1.165) is 0 Å². The summed E-state index contributed by atoms with van der Waals surface area (Å²) in [5.41, 5.74) is 0.132. The fourth-order valence-corrected chi connectivity index (χ4v) is 3.99. The molecule has 0 saturated carbocycles. The van der Waals surface area contributed by atoms with Crippen LogP contribution in [-0.4, -0.2) is 47.8 Å². The predicted molar refractivity (Wildman–Crippen MR) is 86.1 cm³/mol. The molecule has 4 rings (SSSR count). The van der Waals surface area contributed by atoms with Gasteiger partial charge < -0.3 is 19.5 Å². The van der Waals surface area contributed by atoms with Crippen LogP contribution < -0.4 is 4.90 Å². The van der Waals surface area contributed by atoms with Crippen molar-refractivity contribution in [2.75, 3.05) is 18.1 Å². The average Bonchev–Trinajstić information content (AvgIpc) is 3.23. The summed E-state index contributed by atoms with van der Waals surface area (Å²) in [6, 6.07) is 6.51. The molecule has 0 unspecified atom stereocenters. The van der Waals surface area contributed by atoms with Crippen molar-refractivity contribution in [3.8, 4) is 0 Å². The zero-order chi connectivity index (χ0) is 17.8. The molecule has 1 aromatic carbocycles. The van der Waals surface area contributed by atoms with Crippen molar-refractivity contribution in [1.82, 2.24) is 0 Å². The van der Waals surface area contributed by atoms with E-state index in [1.807, 2.05) is 6.08 Å². The highest BCUT2D eigenvalue weighted by Crippen LogP contribution is 2.52. The molecule has 7 nitrogen and oxygen atoms in total. The van der Waals surface area contributed by atoms with Crippen LogP contribution in [0.25, 0.3) is 0 Å². The summed E-state index contributed by atoms with van der Waals surface area (Å²) in [4.78, 5) is 37.7. The third-order valence-electron chi connectivity index (χ3n) is 5.08. The van der Waals surface area contributed by atoms with Crippen LogP contribution in [-0.2, 0) is 19.1 Å². The first-order valence-corrected chi connectivity index (χ1v) is 8.15. The minimum Gasteiger partial charge on any atom is -0.481 e. The van der Waals surface area contributed by atoms with Gasteiger partial charge in [0, 0.05) is 5.69 Å². The molecule has 2 bridgehead atoms. The summed E-state index contributed by atoms with van der Waals surface area (Å²) in [7, 11) is 0. The van der Waals surface area contributed by atoms with Crippen molar-refractivity contribution in [2.45, 2.75) is 18.6 Å². The Balaban J connectivity index is 1.61. The number of carbonyl (C=O) groups is 3. The van der Waals surface area contributed by atoms with Crippen LogP contribution in [0.1, 0.15) is 17.3 Å². The first kappa shape index (κ1) is 15.8. The van der Waals surface area contributed by atoms with Gasteiger partial charge in [-0.05, 0) is 31.2 Å². The number of carbonyl (C=O) groups excluding carboxylic acids is 2. The van der Waals surface area contributed by atoms with Gasteiger partial charge in [0.25, 0.3) is 0 Å². The molecule has 1 amide bonds. The Morgan fingerprint density at radius 2 is 2.08 bits per heavy atom. The van der Waals surface area contributed by atoms with E-state index in [1.165, 1.54) is 4.90 Å². The van der Waals surface area contributed by atoms with Crippen molar-refractivity contribution in [1.29, 1.82) is 0 Å². The highest BCUT2D eigenvalue weighted by Gasteiger charge is 2.67. The van der Waals surface area contributed by atoms with Crippen LogP contribution in [0.5, 0.6) is 0 Å². The Kier molecular flexibility index (Phi) is 3.43. The van der Waals surface area contributed by atoms with E-state index >= 15 is 0 Å². The van der Waals surface area contributed by atoms with Gasteiger partial charge in [0.05, 0.1) is 30.7 Å². The molecule has 3 aliphatic heterocycles. The molecule has 3 heterocycles. The maximum absolute atomic E-state index is 12.9. The SMILES string of the molecule is CCOC(=O)c1ccc(N2C[C@@]34C=C[C@@H](O3)[C@H](C(=O)O)[C@@H]4C2=O)cc1. The number of esters is 1. The molecule has 1 aromatic rings. The van der Waals surface area contributed by atoms with E-state index in [2.05, 4.69) is 0 Å². The highest BCUT2D eigenvalue weighted by molar-refractivity contribution is 6.02. The van der Waals surface area contributed by atoms with E-state index in [-0.39, 0.29) is 19.1 Å². The number of benzene rings is 1. The lowest BCUT2D eigenvalue weighted by molar-refractivity contribution is -0.146. The Hall–Kier alpha value is -2.67. The number of nitrogens with zero attached hydrogens (tertiary/aromatic N) is 1. The Labute approximate surface area is 143 Å². The number of ether oxygens (including phenoxy) is 2. The molecule has 3 aliphatic rings. The summed E-state index contributed by atoms with van der Waals surface area (Å²) < 4.78 is 10.8. The van der Waals surface area contributed by atoms with Crippen molar-refractivity contribution >= 4 is 23.5 Å². The predicted octanol–water partition coefficient (Wildman–Crippen LogP) is 1.23. The Morgan fingerprint density at radius 3 is 2.72 bits per heavy atom. The van der Waals surface area contributed by atoms with Crippen molar-refractivity contribution < 1.29 is 29.0 Å².